The molecule has 4 rings (SSSR count). The molecule has 0 aliphatic carbocycles. The molecule has 1 saturated heterocycles. The van der Waals surface area contributed by atoms with Crippen LogP contribution in [-0.2, 0) is 33.7 Å². The van der Waals surface area contributed by atoms with Crippen LogP contribution in [0.5, 0.6) is 0 Å². The number of carbonyl (C=O) groups excluding carboxylic acids is 4. The third-order valence-electron chi connectivity index (χ3n) is 5.87. The SMILES string of the molecule is CCC1C(=O)N2C(C(=O)OC3OC(=O)c4ccccc43)=C(S(=O)(=O)CCNC(C)=O)CC12. The number of amides is 2. The minimum absolute atomic E-state index is 0.00186. The molecule has 3 aliphatic heterocycles. The van der Waals surface area contributed by atoms with E-state index in [2.05, 4.69) is 5.32 Å². The van der Waals surface area contributed by atoms with Crippen molar-refractivity contribution in [3.8, 4) is 0 Å². The van der Waals surface area contributed by atoms with Crippen LogP contribution in [0.4, 0.5) is 0 Å². The van der Waals surface area contributed by atoms with Crippen LogP contribution in [0.1, 0.15) is 48.9 Å². The van der Waals surface area contributed by atoms with Gasteiger partial charge in [-0.2, -0.15) is 0 Å². The van der Waals surface area contributed by atoms with Crippen molar-refractivity contribution >= 4 is 33.6 Å². The summed E-state index contributed by atoms with van der Waals surface area (Å²) in [5, 5.41) is 2.42. The maximum atomic E-state index is 13.1. The van der Waals surface area contributed by atoms with Gasteiger partial charge in [-0.25, -0.2) is 18.0 Å². The number of β-lactam (4-membered cyclic amide) rings is 1. The van der Waals surface area contributed by atoms with Crippen molar-refractivity contribution in [1.82, 2.24) is 10.2 Å². The van der Waals surface area contributed by atoms with Crippen molar-refractivity contribution in [2.75, 3.05) is 12.3 Å². The normalized spacial score (nSPS) is 23.9. The van der Waals surface area contributed by atoms with Gasteiger partial charge in [-0.05, 0) is 12.5 Å². The molecule has 0 saturated carbocycles. The Balaban J connectivity index is 1.64. The number of cyclic esters (lactones) is 1. The summed E-state index contributed by atoms with van der Waals surface area (Å²) in [5.74, 6) is -3.25. The van der Waals surface area contributed by atoms with Gasteiger partial charge in [0.2, 0.25) is 11.8 Å². The van der Waals surface area contributed by atoms with Gasteiger partial charge in [-0.3, -0.25) is 9.59 Å². The molecular weight excluding hydrogens is 440 g/mol. The number of benzene rings is 1. The predicted octanol–water partition coefficient (Wildman–Crippen LogP) is 0.802. The fraction of sp³-hybridized carbons (Fsp3) is 0.429. The van der Waals surface area contributed by atoms with Gasteiger partial charge in [0.05, 0.1) is 28.2 Å². The smallest absolute Gasteiger partial charge is 0.359 e. The van der Waals surface area contributed by atoms with E-state index >= 15 is 0 Å². The Morgan fingerprint density at radius 2 is 1.97 bits per heavy atom. The van der Waals surface area contributed by atoms with Gasteiger partial charge in [0.15, 0.2) is 9.84 Å². The van der Waals surface area contributed by atoms with E-state index in [1.165, 1.54) is 17.9 Å². The molecule has 170 valence electrons. The third kappa shape index (κ3) is 3.56. The number of fused-ring (bicyclic) bond motifs is 2. The number of hydrogen-bond acceptors (Lipinski definition) is 8. The van der Waals surface area contributed by atoms with Gasteiger partial charge < -0.3 is 19.7 Å². The summed E-state index contributed by atoms with van der Waals surface area (Å²) >= 11 is 0. The molecule has 32 heavy (non-hydrogen) atoms. The molecule has 0 bridgehead atoms. The molecule has 3 unspecified atom stereocenters. The van der Waals surface area contributed by atoms with Crippen molar-refractivity contribution in [3.05, 3.63) is 46.0 Å². The first-order chi connectivity index (χ1) is 15.2. The van der Waals surface area contributed by atoms with Crippen LogP contribution in [0, 0.1) is 5.92 Å². The van der Waals surface area contributed by atoms with E-state index in [0.29, 0.717) is 12.0 Å². The lowest BCUT2D eigenvalue weighted by Gasteiger charge is -2.43. The van der Waals surface area contributed by atoms with Crippen LogP contribution in [0.15, 0.2) is 34.9 Å². The Bertz CT molecular complexity index is 1160. The average Bonchev–Trinajstić information content (AvgIpc) is 3.24. The van der Waals surface area contributed by atoms with Crippen LogP contribution in [0.25, 0.3) is 0 Å². The minimum atomic E-state index is -3.97. The van der Waals surface area contributed by atoms with Crippen LogP contribution in [0.2, 0.25) is 0 Å². The molecule has 3 heterocycles. The van der Waals surface area contributed by atoms with Crippen molar-refractivity contribution in [2.24, 2.45) is 5.92 Å². The van der Waals surface area contributed by atoms with Crippen LogP contribution < -0.4 is 5.32 Å². The van der Waals surface area contributed by atoms with Crippen molar-refractivity contribution in [2.45, 2.75) is 39.0 Å². The summed E-state index contributed by atoms with van der Waals surface area (Å²) < 4.78 is 36.5. The lowest BCUT2D eigenvalue weighted by molar-refractivity contribution is -0.170. The Morgan fingerprint density at radius 3 is 2.66 bits per heavy atom. The molecule has 3 atom stereocenters. The molecule has 1 N–H and O–H groups in total. The maximum absolute atomic E-state index is 13.1. The maximum Gasteiger partial charge on any atom is 0.359 e. The summed E-state index contributed by atoms with van der Waals surface area (Å²) in [6.07, 6.45) is -0.827. The molecule has 3 aliphatic rings. The van der Waals surface area contributed by atoms with E-state index in [1.54, 1.807) is 18.2 Å². The summed E-state index contributed by atoms with van der Waals surface area (Å²) in [4.78, 5) is 49.8. The second kappa shape index (κ2) is 8.05. The van der Waals surface area contributed by atoms with E-state index in [4.69, 9.17) is 9.47 Å². The zero-order valence-electron chi connectivity index (χ0n) is 17.5. The van der Waals surface area contributed by atoms with Crippen LogP contribution in [-0.4, -0.2) is 55.4 Å². The fourth-order valence-electron chi connectivity index (χ4n) is 4.31. The fourth-order valence-corrected chi connectivity index (χ4v) is 5.82. The highest BCUT2D eigenvalue weighted by atomic mass is 32.2. The molecule has 10 nitrogen and oxygen atoms in total. The van der Waals surface area contributed by atoms with E-state index in [-0.39, 0.29) is 46.9 Å². The van der Waals surface area contributed by atoms with Gasteiger partial charge >= 0.3 is 11.9 Å². The average molecular weight is 462 g/mol. The number of nitrogens with zero attached hydrogens (tertiary/aromatic N) is 1. The lowest BCUT2D eigenvalue weighted by atomic mass is 9.85. The van der Waals surface area contributed by atoms with E-state index in [1.807, 2.05) is 6.92 Å². The highest BCUT2D eigenvalue weighted by molar-refractivity contribution is 7.95. The number of rotatable bonds is 7. The summed E-state index contributed by atoms with van der Waals surface area (Å²) in [6, 6.07) is 5.93. The van der Waals surface area contributed by atoms with Gasteiger partial charge in [0.25, 0.3) is 6.29 Å². The number of esters is 2. The Kier molecular flexibility index (Phi) is 5.53. The van der Waals surface area contributed by atoms with E-state index in [0.717, 1.165) is 0 Å². The second-order valence-electron chi connectivity index (χ2n) is 7.80. The number of carbonyl (C=O) groups is 4. The van der Waals surface area contributed by atoms with Crippen molar-refractivity contribution in [1.29, 1.82) is 0 Å². The molecule has 1 fully saturated rings. The first kappa shape index (κ1) is 22.0. The number of hydrogen-bond donors (Lipinski definition) is 1. The zero-order valence-corrected chi connectivity index (χ0v) is 18.3. The quantitative estimate of drug-likeness (QED) is 0.464. The Labute approximate surface area is 184 Å². The molecular formula is C21H22N2O8S. The summed E-state index contributed by atoms with van der Waals surface area (Å²) in [6.45, 7) is 2.95. The summed E-state index contributed by atoms with van der Waals surface area (Å²) in [7, 11) is -3.97. The van der Waals surface area contributed by atoms with Crippen molar-refractivity contribution in [3.63, 3.8) is 0 Å². The lowest BCUT2D eigenvalue weighted by Crippen LogP contribution is -2.58. The number of nitrogens with one attached hydrogen (secondary N) is 1. The van der Waals surface area contributed by atoms with Crippen LogP contribution in [0.3, 0.4) is 0 Å². The Morgan fingerprint density at radius 1 is 1.25 bits per heavy atom. The first-order valence-corrected chi connectivity index (χ1v) is 11.8. The molecule has 0 spiro atoms. The molecule has 1 aromatic carbocycles. The standard InChI is InChI=1S/C21H22N2O8S/c1-3-12-15-10-16(32(28,29)9-8-22-11(2)24)17(23(15)18(12)25)20(27)31-21-14-7-5-4-6-13(14)19(26)30-21/h4-7,12,15,21H,3,8-10H2,1-2H3,(H,22,24). The number of ether oxygens (including phenoxy) is 2. The predicted molar refractivity (Wildman–Crippen MR) is 109 cm³/mol. The topological polar surface area (TPSA) is 136 Å². The molecule has 0 aromatic heterocycles. The third-order valence-corrected chi connectivity index (χ3v) is 7.72. The first-order valence-electron chi connectivity index (χ1n) is 10.2. The van der Waals surface area contributed by atoms with Gasteiger partial charge in [-0.1, -0.05) is 25.1 Å². The van der Waals surface area contributed by atoms with Gasteiger partial charge in [0.1, 0.15) is 5.70 Å². The van der Waals surface area contributed by atoms with Crippen molar-refractivity contribution < 1.29 is 37.1 Å². The zero-order chi connectivity index (χ0) is 23.2. The largest absolute Gasteiger partial charge is 0.417 e. The molecule has 0 radical (unpaired) electrons. The number of sulfone groups is 1. The molecule has 2 amide bonds. The second-order valence-corrected chi connectivity index (χ2v) is 9.93. The highest BCUT2D eigenvalue weighted by Gasteiger charge is 2.56. The molecule has 1 aromatic rings. The monoisotopic (exact) mass is 462 g/mol. The van der Waals surface area contributed by atoms with E-state index in [9.17, 15) is 27.6 Å². The van der Waals surface area contributed by atoms with Gasteiger partial charge in [0, 0.05) is 25.5 Å². The highest BCUT2D eigenvalue weighted by Crippen LogP contribution is 2.46. The molecule has 11 heteroatoms. The van der Waals surface area contributed by atoms with E-state index < -0.39 is 39.9 Å². The Hall–Kier alpha value is -3.21. The van der Waals surface area contributed by atoms with Crippen LogP contribution >= 0.6 is 0 Å². The minimum Gasteiger partial charge on any atom is -0.417 e. The van der Waals surface area contributed by atoms with Gasteiger partial charge in [-0.15, -0.1) is 0 Å². The summed E-state index contributed by atoms with van der Waals surface area (Å²) in [5.41, 5.74) is 0.253.